The molecule has 3 rings (SSSR count). The van der Waals surface area contributed by atoms with Gasteiger partial charge in [-0.15, -0.1) is 0 Å². The molecule has 0 aliphatic carbocycles. The molecule has 5 nitrogen and oxygen atoms in total. The minimum atomic E-state index is -0.225. The van der Waals surface area contributed by atoms with E-state index in [9.17, 15) is 4.79 Å². The number of benzene rings is 2. The summed E-state index contributed by atoms with van der Waals surface area (Å²) in [6.45, 7) is 0.359. The standard InChI is InChI=1S/C17H15Cl2N3O2/c18-11-5-6-15(12(19)9-11)24-10-17(23)20-8-7-16-21-13-3-1-2-4-14(13)22-16/h1-6,9H,7-8,10H2,(H,20,23)(H,21,22). The van der Waals surface area contributed by atoms with Crippen LogP contribution in [0.4, 0.5) is 0 Å². The zero-order valence-corrected chi connectivity index (χ0v) is 14.2. The van der Waals surface area contributed by atoms with Crippen LogP contribution in [0.1, 0.15) is 5.82 Å². The van der Waals surface area contributed by atoms with Crippen molar-refractivity contribution < 1.29 is 9.53 Å². The number of ether oxygens (including phenoxy) is 1. The van der Waals surface area contributed by atoms with E-state index in [2.05, 4.69) is 15.3 Å². The summed E-state index contributed by atoms with van der Waals surface area (Å²) in [6, 6.07) is 12.7. The molecule has 0 fully saturated rings. The molecule has 0 saturated heterocycles. The molecule has 0 unspecified atom stereocenters. The number of hydrogen-bond acceptors (Lipinski definition) is 3. The lowest BCUT2D eigenvalue weighted by Crippen LogP contribution is -2.30. The number of rotatable bonds is 6. The fraction of sp³-hybridized carbons (Fsp3) is 0.176. The molecule has 3 aromatic rings. The number of fused-ring (bicyclic) bond motifs is 1. The molecule has 1 aromatic heterocycles. The number of halogens is 2. The smallest absolute Gasteiger partial charge is 0.257 e. The van der Waals surface area contributed by atoms with Gasteiger partial charge in [0.2, 0.25) is 0 Å². The van der Waals surface area contributed by atoms with Gasteiger partial charge in [-0.1, -0.05) is 35.3 Å². The summed E-state index contributed by atoms with van der Waals surface area (Å²) in [5, 5.41) is 3.67. The van der Waals surface area contributed by atoms with Gasteiger partial charge < -0.3 is 15.0 Å². The molecule has 0 aliphatic rings. The number of imidazole rings is 1. The Morgan fingerprint density at radius 3 is 2.83 bits per heavy atom. The molecule has 0 aliphatic heterocycles. The van der Waals surface area contributed by atoms with Gasteiger partial charge in [-0.3, -0.25) is 4.79 Å². The number of para-hydroxylation sites is 2. The van der Waals surface area contributed by atoms with E-state index in [4.69, 9.17) is 27.9 Å². The van der Waals surface area contributed by atoms with E-state index >= 15 is 0 Å². The van der Waals surface area contributed by atoms with Crippen LogP contribution in [0.3, 0.4) is 0 Å². The van der Waals surface area contributed by atoms with Crippen molar-refractivity contribution in [3.8, 4) is 5.75 Å². The summed E-state index contributed by atoms with van der Waals surface area (Å²) >= 11 is 11.8. The Balaban J connectivity index is 1.45. The van der Waals surface area contributed by atoms with Gasteiger partial charge in [-0.2, -0.15) is 0 Å². The summed E-state index contributed by atoms with van der Waals surface area (Å²) in [7, 11) is 0. The van der Waals surface area contributed by atoms with Crippen LogP contribution >= 0.6 is 23.2 Å². The molecule has 0 radical (unpaired) electrons. The van der Waals surface area contributed by atoms with Crippen LogP contribution in [0.5, 0.6) is 5.75 Å². The number of H-pyrrole nitrogens is 1. The second-order valence-electron chi connectivity index (χ2n) is 5.16. The fourth-order valence-corrected chi connectivity index (χ4v) is 2.69. The lowest BCUT2D eigenvalue weighted by atomic mass is 10.3. The third-order valence-corrected chi connectivity index (χ3v) is 3.91. The van der Waals surface area contributed by atoms with E-state index in [1.165, 1.54) is 0 Å². The Labute approximate surface area is 148 Å². The van der Waals surface area contributed by atoms with Crippen molar-refractivity contribution in [3.05, 3.63) is 58.3 Å². The van der Waals surface area contributed by atoms with Crippen LogP contribution in [-0.4, -0.2) is 29.0 Å². The molecule has 0 spiro atoms. The van der Waals surface area contributed by atoms with Crippen molar-refractivity contribution in [2.75, 3.05) is 13.2 Å². The number of aromatic amines is 1. The highest BCUT2D eigenvalue weighted by molar-refractivity contribution is 6.35. The lowest BCUT2D eigenvalue weighted by molar-refractivity contribution is -0.123. The van der Waals surface area contributed by atoms with Crippen LogP contribution < -0.4 is 10.1 Å². The Morgan fingerprint density at radius 1 is 1.21 bits per heavy atom. The van der Waals surface area contributed by atoms with Crippen LogP contribution in [0.2, 0.25) is 10.0 Å². The van der Waals surface area contributed by atoms with E-state index in [0.29, 0.717) is 28.8 Å². The molecule has 1 amide bonds. The Hall–Kier alpha value is -2.24. The average Bonchev–Trinajstić information content (AvgIpc) is 2.96. The molecule has 2 N–H and O–H groups in total. The van der Waals surface area contributed by atoms with Gasteiger partial charge in [0, 0.05) is 18.0 Å². The molecule has 0 bridgehead atoms. The molecule has 124 valence electrons. The minimum Gasteiger partial charge on any atom is -0.482 e. The molecule has 7 heteroatoms. The summed E-state index contributed by atoms with van der Waals surface area (Å²) in [5.41, 5.74) is 1.90. The molecule has 1 heterocycles. The van der Waals surface area contributed by atoms with Crippen molar-refractivity contribution in [1.82, 2.24) is 15.3 Å². The fourth-order valence-electron chi connectivity index (χ4n) is 2.23. The van der Waals surface area contributed by atoms with Crippen LogP contribution in [0.15, 0.2) is 42.5 Å². The zero-order valence-electron chi connectivity index (χ0n) is 12.7. The minimum absolute atomic E-state index is 0.110. The number of aromatic nitrogens is 2. The molecular weight excluding hydrogens is 349 g/mol. The summed E-state index contributed by atoms with van der Waals surface area (Å²) in [5.74, 6) is 1.03. The second-order valence-corrected chi connectivity index (χ2v) is 6.01. The highest BCUT2D eigenvalue weighted by Gasteiger charge is 2.07. The number of hydrogen-bond donors (Lipinski definition) is 2. The average molecular weight is 364 g/mol. The first-order valence-corrected chi connectivity index (χ1v) is 8.15. The van der Waals surface area contributed by atoms with Crippen LogP contribution in [0, 0.1) is 0 Å². The quantitative estimate of drug-likeness (QED) is 0.702. The van der Waals surface area contributed by atoms with Crippen molar-refractivity contribution in [2.45, 2.75) is 6.42 Å². The third kappa shape index (κ3) is 4.19. The van der Waals surface area contributed by atoms with Crippen molar-refractivity contribution in [1.29, 1.82) is 0 Å². The topological polar surface area (TPSA) is 67.0 Å². The Morgan fingerprint density at radius 2 is 2.04 bits per heavy atom. The number of nitrogens with zero attached hydrogens (tertiary/aromatic N) is 1. The monoisotopic (exact) mass is 363 g/mol. The zero-order chi connectivity index (χ0) is 16.9. The molecule has 0 atom stereocenters. The van der Waals surface area contributed by atoms with E-state index in [0.717, 1.165) is 16.9 Å². The number of amides is 1. The van der Waals surface area contributed by atoms with Crippen molar-refractivity contribution >= 4 is 40.1 Å². The molecule has 24 heavy (non-hydrogen) atoms. The van der Waals surface area contributed by atoms with Crippen molar-refractivity contribution in [3.63, 3.8) is 0 Å². The second kappa shape index (κ2) is 7.55. The highest BCUT2D eigenvalue weighted by atomic mass is 35.5. The van der Waals surface area contributed by atoms with Gasteiger partial charge in [0.05, 0.1) is 16.1 Å². The van der Waals surface area contributed by atoms with Crippen LogP contribution in [0.25, 0.3) is 11.0 Å². The van der Waals surface area contributed by atoms with Crippen molar-refractivity contribution in [2.24, 2.45) is 0 Å². The van der Waals surface area contributed by atoms with Gasteiger partial charge in [0.15, 0.2) is 6.61 Å². The van der Waals surface area contributed by atoms with Crippen LogP contribution in [-0.2, 0) is 11.2 Å². The molecule has 2 aromatic carbocycles. The molecular formula is C17H15Cl2N3O2. The molecule has 0 saturated carbocycles. The van der Waals surface area contributed by atoms with E-state index in [-0.39, 0.29) is 12.5 Å². The maximum Gasteiger partial charge on any atom is 0.257 e. The predicted octanol–water partition coefficient (Wildman–Crippen LogP) is 3.61. The largest absolute Gasteiger partial charge is 0.482 e. The van der Waals surface area contributed by atoms with Gasteiger partial charge in [-0.25, -0.2) is 4.98 Å². The first-order valence-electron chi connectivity index (χ1n) is 7.40. The van der Waals surface area contributed by atoms with Gasteiger partial charge in [-0.05, 0) is 30.3 Å². The van der Waals surface area contributed by atoms with E-state index < -0.39 is 0 Å². The highest BCUT2D eigenvalue weighted by Crippen LogP contribution is 2.27. The maximum atomic E-state index is 11.8. The van der Waals surface area contributed by atoms with E-state index in [1.54, 1.807) is 18.2 Å². The summed E-state index contributed by atoms with van der Waals surface area (Å²) < 4.78 is 5.38. The Kier molecular flexibility index (Phi) is 5.23. The Bertz CT molecular complexity index is 831. The first kappa shape index (κ1) is 16.6. The van der Waals surface area contributed by atoms with Gasteiger partial charge in [0.25, 0.3) is 5.91 Å². The number of carbonyl (C=O) groups is 1. The third-order valence-electron chi connectivity index (χ3n) is 3.38. The normalized spacial score (nSPS) is 10.8. The summed E-state index contributed by atoms with van der Waals surface area (Å²) in [6.07, 6.45) is 0.613. The predicted molar refractivity (Wildman–Crippen MR) is 94.8 cm³/mol. The maximum absolute atomic E-state index is 11.8. The lowest BCUT2D eigenvalue weighted by Gasteiger charge is -2.08. The van der Waals surface area contributed by atoms with Gasteiger partial charge in [0.1, 0.15) is 11.6 Å². The van der Waals surface area contributed by atoms with E-state index in [1.807, 2.05) is 24.3 Å². The number of carbonyl (C=O) groups excluding carboxylic acids is 1. The number of nitrogens with one attached hydrogen (secondary N) is 2. The SMILES string of the molecule is O=C(COc1ccc(Cl)cc1Cl)NCCc1nc2ccccc2[nH]1. The first-order chi connectivity index (χ1) is 11.6. The van der Waals surface area contributed by atoms with Gasteiger partial charge >= 0.3 is 0 Å². The summed E-state index contributed by atoms with van der Waals surface area (Å²) in [4.78, 5) is 19.5.